The molecule has 0 atom stereocenters. The number of imidazole rings is 1. The zero-order valence-corrected chi connectivity index (χ0v) is 18.5. The number of hydrogen-bond donors (Lipinski definition) is 3. The number of carbonyl (C=O) groups excluding carboxylic acids is 1. The number of aromatic amines is 2. The first-order valence-electron chi connectivity index (χ1n) is 10.8. The first-order valence-corrected chi connectivity index (χ1v) is 10.8. The number of fused-ring (bicyclic) bond motifs is 2. The molecule has 5 rings (SSSR count). The molecule has 1 amide bonds. The number of aromatic nitrogens is 4. The summed E-state index contributed by atoms with van der Waals surface area (Å²) < 4.78 is 33.9. The van der Waals surface area contributed by atoms with Crippen molar-refractivity contribution in [1.82, 2.24) is 20.2 Å². The van der Waals surface area contributed by atoms with E-state index in [4.69, 9.17) is 4.74 Å². The summed E-state index contributed by atoms with van der Waals surface area (Å²) in [7, 11) is 0. The van der Waals surface area contributed by atoms with Crippen molar-refractivity contribution in [3.8, 4) is 11.1 Å². The molecule has 2 heterocycles. The molecule has 3 N–H and O–H groups in total. The number of benzene rings is 3. The number of ether oxygens (including phenoxy) is 1. The van der Waals surface area contributed by atoms with E-state index in [2.05, 4.69) is 25.5 Å². The third-order valence-corrected chi connectivity index (χ3v) is 5.54. The van der Waals surface area contributed by atoms with Gasteiger partial charge in [0, 0.05) is 17.4 Å². The van der Waals surface area contributed by atoms with Gasteiger partial charge in [0.15, 0.2) is 0 Å². The first kappa shape index (κ1) is 22.2. The van der Waals surface area contributed by atoms with E-state index in [1.165, 1.54) is 18.2 Å². The van der Waals surface area contributed by atoms with Crippen LogP contribution in [-0.2, 0) is 11.2 Å². The number of amides is 1. The molecule has 0 unspecified atom stereocenters. The third-order valence-electron chi connectivity index (χ3n) is 5.54. The fourth-order valence-electron chi connectivity index (χ4n) is 3.96. The molecule has 0 radical (unpaired) electrons. The second-order valence-corrected chi connectivity index (χ2v) is 7.82. The minimum atomic E-state index is -0.631. The lowest BCUT2D eigenvalue weighted by Crippen LogP contribution is -2.14. The van der Waals surface area contributed by atoms with Crippen LogP contribution in [-0.4, -0.2) is 32.9 Å². The van der Waals surface area contributed by atoms with Crippen LogP contribution < -0.4 is 10.9 Å². The van der Waals surface area contributed by atoms with Crippen molar-refractivity contribution in [2.45, 2.75) is 13.3 Å². The lowest BCUT2D eigenvalue weighted by atomic mass is 9.98. The standard InChI is InChI=1S/C25H19F2N5O3/c1-2-35-25(34)30-24-28-19-9-7-14(12-21(19)29-24)16-10-13(6-8-17(16)26)11-20-15-4-3-5-18(27)22(15)23(33)32-31-20/h3-10,12H,2,11H2,1H3,(H,32,33)(H2,28,29,30,34). The quantitative estimate of drug-likeness (QED) is 0.335. The second kappa shape index (κ2) is 8.98. The lowest BCUT2D eigenvalue weighted by molar-refractivity contribution is 0.167. The Morgan fingerprint density at radius 1 is 1.09 bits per heavy atom. The fraction of sp³-hybridized carbons (Fsp3) is 0.120. The van der Waals surface area contributed by atoms with E-state index in [0.717, 1.165) is 5.56 Å². The molecule has 3 aromatic carbocycles. The maximum absolute atomic E-state index is 14.8. The van der Waals surface area contributed by atoms with Crippen LogP contribution in [0.2, 0.25) is 0 Å². The van der Waals surface area contributed by atoms with Crippen LogP contribution in [0.1, 0.15) is 18.2 Å². The van der Waals surface area contributed by atoms with Crippen LogP contribution in [0.3, 0.4) is 0 Å². The van der Waals surface area contributed by atoms with Crippen LogP contribution >= 0.6 is 0 Å². The Labute approximate surface area is 197 Å². The molecule has 8 nitrogen and oxygen atoms in total. The monoisotopic (exact) mass is 475 g/mol. The van der Waals surface area contributed by atoms with Gasteiger partial charge in [0.05, 0.1) is 28.7 Å². The van der Waals surface area contributed by atoms with Crippen LogP contribution in [0, 0.1) is 11.6 Å². The van der Waals surface area contributed by atoms with Crippen molar-refractivity contribution in [3.05, 3.63) is 87.8 Å². The SMILES string of the molecule is CCOC(=O)Nc1nc2ccc(-c3cc(Cc4n[nH]c(=O)c5c(F)cccc45)ccc3F)cc2[nH]1. The molecule has 0 aliphatic heterocycles. The molecule has 35 heavy (non-hydrogen) atoms. The van der Waals surface area contributed by atoms with E-state index >= 15 is 0 Å². The Morgan fingerprint density at radius 3 is 2.77 bits per heavy atom. The first-order chi connectivity index (χ1) is 16.9. The van der Waals surface area contributed by atoms with Crippen LogP contribution in [0.15, 0.2) is 59.4 Å². The molecule has 5 aromatic rings. The van der Waals surface area contributed by atoms with Crippen molar-refractivity contribution < 1.29 is 18.3 Å². The Morgan fingerprint density at radius 2 is 1.94 bits per heavy atom. The van der Waals surface area contributed by atoms with Gasteiger partial charge in [-0.3, -0.25) is 10.1 Å². The average Bonchev–Trinajstić information content (AvgIpc) is 3.23. The summed E-state index contributed by atoms with van der Waals surface area (Å²) in [5, 5.41) is 9.27. The Hall–Kier alpha value is -4.60. The van der Waals surface area contributed by atoms with Gasteiger partial charge in [0.1, 0.15) is 11.6 Å². The van der Waals surface area contributed by atoms with E-state index in [1.807, 2.05) is 0 Å². The normalized spacial score (nSPS) is 11.2. The highest BCUT2D eigenvalue weighted by Crippen LogP contribution is 2.29. The summed E-state index contributed by atoms with van der Waals surface area (Å²) in [6.45, 7) is 1.92. The van der Waals surface area contributed by atoms with Gasteiger partial charge >= 0.3 is 6.09 Å². The predicted octanol–water partition coefficient (Wildman–Crippen LogP) is 4.90. The van der Waals surface area contributed by atoms with Crippen LogP contribution in [0.25, 0.3) is 32.9 Å². The predicted molar refractivity (Wildman–Crippen MR) is 127 cm³/mol. The maximum atomic E-state index is 14.8. The molecule has 2 aromatic heterocycles. The highest BCUT2D eigenvalue weighted by Gasteiger charge is 2.14. The summed E-state index contributed by atoms with van der Waals surface area (Å²) in [6, 6.07) is 14.2. The van der Waals surface area contributed by atoms with Crippen molar-refractivity contribution in [2.75, 3.05) is 11.9 Å². The Bertz CT molecular complexity index is 1640. The summed E-state index contributed by atoms with van der Waals surface area (Å²) >= 11 is 0. The second-order valence-electron chi connectivity index (χ2n) is 7.82. The third kappa shape index (κ3) is 4.33. The zero-order chi connectivity index (χ0) is 24.5. The van der Waals surface area contributed by atoms with Crippen molar-refractivity contribution >= 4 is 33.8 Å². The van der Waals surface area contributed by atoms with Gasteiger partial charge in [-0.15, -0.1) is 0 Å². The molecule has 0 bridgehead atoms. The number of hydrogen-bond acceptors (Lipinski definition) is 5. The van der Waals surface area contributed by atoms with Crippen LogP contribution in [0.5, 0.6) is 0 Å². The minimum Gasteiger partial charge on any atom is -0.450 e. The molecule has 0 saturated carbocycles. The Balaban J connectivity index is 1.49. The van der Waals surface area contributed by atoms with E-state index < -0.39 is 23.3 Å². The van der Waals surface area contributed by atoms with Gasteiger partial charge in [0.25, 0.3) is 5.56 Å². The number of H-pyrrole nitrogens is 2. The Kier molecular flexibility index (Phi) is 5.69. The van der Waals surface area contributed by atoms with Crippen molar-refractivity contribution in [1.29, 1.82) is 0 Å². The van der Waals surface area contributed by atoms with Gasteiger partial charge < -0.3 is 9.72 Å². The van der Waals surface area contributed by atoms with Crippen LogP contribution in [0.4, 0.5) is 19.5 Å². The highest BCUT2D eigenvalue weighted by atomic mass is 19.1. The molecular weight excluding hydrogens is 456 g/mol. The fourth-order valence-corrected chi connectivity index (χ4v) is 3.96. The number of nitrogens with zero attached hydrogens (tertiary/aromatic N) is 2. The summed E-state index contributed by atoms with van der Waals surface area (Å²) in [5.74, 6) is -0.840. The number of halogens is 2. The molecule has 0 spiro atoms. The highest BCUT2D eigenvalue weighted by molar-refractivity contribution is 5.88. The van der Waals surface area contributed by atoms with Gasteiger partial charge in [0.2, 0.25) is 5.95 Å². The molecule has 0 fully saturated rings. The minimum absolute atomic E-state index is 0.0586. The molecule has 0 saturated heterocycles. The maximum Gasteiger partial charge on any atom is 0.413 e. The summed E-state index contributed by atoms with van der Waals surface area (Å²) in [6.07, 6.45) is -0.377. The number of anilines is 1. The lowest BCUT2D eigenvalue weighted by Gasteiger charge is -2.09. The summed E-state index contributed by atoms with van der Waals surface area (Å²) in [5.41, 5.74) is 2.71. The number of carbonyl (C=O) groups is 1. The smallest absolute Gasteiger partial charge is 0.413 e. The van der Waals surface area contributed by atoms with Gasteiger partial charge in [-0.05, 0) is 48.4 Å². The molecular formula is C25H19F2N5O3. The van der Waals surface area contributed by atoms with Crippen molar-refractivity contribution in [3.63, 3.8) is 0 Å². The van der Waals surface area contributed by atoms with Gasteiger partial charge in [-0.1, -0.05) is 24.3 Å². The van der Waals surface area contributed by atoms with E-state index in [9.17, 15) is 18.4 Å². The van der Waals surface area contributed by atoms with Gasteiger partial charge in [-0.2, -0.15) is 5.10 Å². The average molecular weight is 475 g/mol. The van der Waals surface area contributed by atoms with E-state index in [-0.39, 0.29) is 24.4 Å². The number of nitrogens with one attached hydrogen (secondary N) is 3. The molecule has 10 heteroatoms. The molecule has 0 aliphatic carbocycles. The van der Waals surface area contributed by atoms with E-state index in [1.54, 1.807) is 43.3 Å². The molecule has 0 aliphatic rings. The van der Waals surface area contributed by atoms with Crippen molar-refractivity contribution in [2.24, 2.45) is 0 Å². The zero-order valence-electron chi connectivity index (χ0n) is 18.5. The van der Waals surface area contributed by atoms with Gasteiger partial charge in [-0.25, -0.2) is 23.7 Å². The van der Waals surface area contributed by atoms with E-state index in [0.29, 0.717) is 33.2 Å². The number of rotatable bonds is 5. The summed E-state index contributed by atoms with van der Waals surface area (Å²) in [4.78, 5) is 30.9. The topological polar surface area (TPSA) is 113 Å². The largest absolute Gasteiger partial charge is 0.450 e. The molecule has 176 valence electrons.